The predicted molar refractivity (Wildman–Crippen MR) is 102 cm³/mol. The van der Waals surface area contributed by atoms with Crippen LogP contribution < -0.4 is 15.4 Å². The van der Waals surface area contributed by atoms with Crippen molar-refractivity contribution in [2.24, 2.45) is 5.92 Å². The van der Waals surface area contributed by atoms with Gasteiger partial charge >= 0.3 is 0 Å². The lowest BCUT2D eigenvalue weighted by molar-refractivity contribution is 0.350. The van der Waals surface area contributed by atoms with E-state index < -0.39 is 0 Å². The Kier molecular flexibility index (Phi) is 4.61. The first kappa shape index (κ1) is 17.0. The smallest absolute Gasteiger partial charge is 0.253 e. The summed E-state index contributed by atoms with van der Waals surface area (Å²) in [5, 5.41) is 0. The number of piperidine rings is 1. The number of nitrogens with zero attached hydrogens (tertiary/aromatic N) is 6. The van der Waals surface area contributed by atoms with Crippen LogP contribution in [0.5, 0.6) is 0 Å². The van der Waals surface area contributed by atoms with Crippen molar-refractivity contribution in [3.8, 4) is 0 Å². The molecule has 1 aliphatic carbocycles. The van der Waals surface area contributed by atoms with Crippen LogP contribution >= 0.6 is 0 Å². The van der Waals surface area contributed by atoms with Gasteiger partial charge in [-0.25, -0.2) is 15.0 Å². The van der Waals surface area contributed by atoms with Gasteiger partial charge in [0.25, 0.3) is 5.56 Å². The SMILES string of the molecule is CN(C)c1cc(N2CCC(Cn3cnc(C4CC4)cc3=O)CC2)ncn1. The largest absolute Gasteiger partial charge is 0.363 e. The fraction of sp³-hybridized carbons (Fsp3) is 0.579. The Morgan fingerprint density at radius 1 is 1.08 bits per heavy atom. The van der Waals surface area contributed by atoms with E-state index in [1.807, 2.05) is 25.1 Å². The zero-order valence-corrected chi connectivity index (χ0v) is 15.5. The summed E-state index contributed by atoms with van der Waals surface area (Å²) in [5.41, 5.74) is 1.07. The van der Waals surface area contributed by atoms with Gasteiger partial charge in [-0.05, 0) is 31.6 Å². The lowest BCUT2D eigenvalue weighted by Gasteiger charge is -2.33. The number of aromatic nitrogens is 4. The number of rotatable bonds is 5. The number of hydrogen-bond acceptors (Lipinski definition) is 6. The first-order chi connectivity index (χ1) is 12.6. The van der Waals surface area contributed by atoms with Gasteiger partial charge < -0.3 is 9.80 Å². The summed E-state index contributed by atoms with van der Waals surface area (Å²) in [6, 6.07) is 3.77. The second-order valence-electron chi connectivity index (χ2n) is 7.64. The molecule has 0 N–H and O–H groups in total. The molecule has 2 fully saturated rings. The Labute approximate surface area is 153 Å². The van der Waals surface area contributed by atoms with Crippen molar-refractivity contribution in [3.63, 3.8) is 0 Å². The fourth-order valence-corrected chi connectivity index (χ4v) is 3.56. The molecular weight excluding hydrogens is 328 g/mol. The van der Waals surface area contributed by atoms with Crippen LogP contribution in [0, 0.1) is 5.92 Å². The third-order valence-electron chi connectivity index (χ3n) is 5.39. The van der Waals surface area contributed by atoms with Crippen molar-refractivity contribution >= 4 is 11.6 Å². The van der Waals surface area contributed by atoms with Gasteiger partial charge in [-0.2, -0.15) is 0 Å². The second kappa shape index (κ2) is 7.05. The van der Waals surface area contributed by atoms with Crippen LogP contribution in [-0.4, -0.2) is 46.7 Å². The molecule has 1 aliphatic heterocycles. The van der Waals surface area contributed by atoms with Crippen molar-refractivity contribution < 1.29 is 0 Å². The Balaban J connectivity index is 1.36. The van der Waals surface area contributed by atoms with Gasteiger partial charge in [-0.3, -0.25) is 9.36 Å². The third kappa shape index (κ3) is 3.71. The molecule has 0 aromatic carbocycles. The summed E-state index contributed by atoms with van der Waals surface area (Å²) >= 11 is 0. The molecule has 7 nitrogen and oxygen atoms in total. The molecule has 2 aliphatic rings. The minimum absolute atomic E-state index is 0.0933. The Morgan fingerprint density at radius 3 is 2.50 bits per heavy atom. The van der Waals surface area contributed by atoms with Gasteiger partial charge in [-0.15, -0.1) is 0 Å². The number of anilines is 2. The molecule has 2 aromatic heterocycles. The van der Waals surface area contributed by atoms with E-state index in [0.717, 1.165) is 49.8 Å². The number of hydrogen-bond donors (Lipinski definition) is 0. The summed E-state index contributed by atoms with van der Waals surface area (Å²) in [5.74, 6) is 2.94. The predicted octanol–water partition coefficient (Wildman–Crippen LogP) is 1.89. The van der Waals surface area contributed by atoms with Crippen molar-refractivity contribution in [2.45, 2.75) is 38.1 Å². The average Bonchev–Trinajstić information content (AvgIpc) is 3.49. The van der Waals surface area contributed by atoms with Crippen LogP contribution in [0.15, 0.2) is 29.6 Å². The molecule has 4 rings (SSSR count). The monoisotopic (exact) mass is 354 g/mol. The van der Waals surface area contributed by atoms with E-state index in [1.54, 1.807) is 23.3 Å². The second-order valence-corrected chi connectivity index (χ2v) is 7.64. The highest BCUT2D eigenvalue weighted by molar-refractivity contribution is 5.49. The average molecular weight is 354 g/mol. The van der Waals surface area contributed by atoms with Gasteiger partial charge in [-0.1, -0.05) is 0 Å². The van der Waals surface area contributed by atoms with Crippen molar-refractivity contribution in [3.05, 3.63) is 40.8 Å². The van der Waals surface area contributed by atoms with Gasteiger partial charge in [0.15, 0.2) is 0 Å². The summed E-state index contributed by atoms with van der Waals surface area (Å²) in [6.45, 7) is 2.67. The zero-order chi connectivity index (χ0) is 18.1. The van der Waals surface area contributed by atoms with Crippen molar-refractivity contribution in [1.82, 2.24) is 19.5 Å². The van der Waals surface area contributed by atoms with E-state index in [4.69, 9.17) is 0 Å². The quantitative estimate of drug-likeness (QED) is 0.817. The van der Waals surface area contributed by atoms with Crippen LogP contribution in [0.2, 0.25) is 0 Å². The van der Waals surface area contributed by atoms with Gasteiger partial charge in [0, 0.05) is 51.8 Å². The van der Waals surface area contributed by atoms with E-state index >= 15 is 0 Å². The topological polar surface area (TPSA) is 67.2 Å². The molecule has 1 saturated carbocycles. The molecule has 0 atom stereocenters. The molecule has 7 heteroatoms. The lowest BCUT2D eigenvalue weighted by atomic mass is 9.96. The zero-order valence-electron chi connectivity index (χ0n) is 15.5. The minimum atomic E-state index is 0.0933. The van der Waals surface area contributed by atoms with Crippen molar-refractivity contribution in [1.29, 1.82) is 0 Å². The molecule has 0 unspecified atom stereocenters. The summed E-state index contributed by atoms with van der Waals surface area (Å²) < 4.78 is 1.78. The van der Waals surface area contributed by atoms with E-state index in [9.17, 15) is 4.79 Å². The van der Waals surface area contributed by atoms with E-state index in [-0.39, 0.29) is 5.56 Å². The highest BCUT2D eigenvalue weighted by atomic mass is 16.1. The first-order valence-corrected chi connectivity index (χ1v) is 9.41. The van der Waals surface area contributed by atoms with E-state index in [2.05, 4.69) is 19.9 Å². The molecule has 26 heavy (non-hydrogen) atoms. The molecular formula is C19H26N6O. The minimum Gasteiger partial charge on any atom is -0.363 e. The summed E-state index contributed by atoms with van der Waals surface area (Å²) in [6.07, 6.45) is 7.83. The first-order valence-electron chi connectivity index (χ1n) is 9.41. The fourth-order valence-electron chi connectivity index (χ4n) is 3.56. The molecule has 0 radical (unpaired) electrons. The highest BCUT2D eigenvalue weighted by Gasteiger charge is 2.26. The van der Waals surface area contributed by atoms with Crippen LogP contribution in [0.3, 0.4) is 0 Å². The normalized spacial score (nSPS) is 18.2. The maximum atomic E-state index is 12.3. The van der Waals surface area contributed by atoms with Crippen molar-refractivity contribution in [2.75, 3.05) is 37.0 Å². The maximum absolute atomic E-state index is 12.3. The van der Waals surface area contributed by atoms with Gasteiger partial charge in [0.2, 0.25) is 0 Å². The lowest BCUT2D eigenvalue weighted by Crippen LogP contribution is -2.37. The van der Waals surface area contributed by atoms with Crippen LogP contribution in [0.1, 0.15) is 37.3 Å². The molecule has 1 saturated heterocycles. The maximum Gasteiger partial charge on any atom is 0.253 e. The molecule has 3 heterocycles. The summed E-state index contributed by atoms with van der Waals surface area (Å²) in [4.78, 5) is 29.8. The van der Waals surface area contributed by atoms with E-state index in [0.29, 0.717) is 11.8 Å². The van der Waals surface area contributed by atoms with Gasteiger partial charge in [0.1, 0.15) is 18.0 Å². The van der Waals surface area contributed by atoms with Gasteiger partial charge in [0.05, 0.1) is 12.0 Å². The Hall–Kier alpha value is -2.44. The third-order valence-corrected chi connectivity index (χ3v) is 5.39. The summed E-state index contributed by atoms with van der Waals surface area (Å²) in [7, 11) is 3.97. The Bertz CT molecular complexity index is 821. The standard InChI is InChI=1S/C19H26N6O/c1-23(2)17-10-18(21-12-20-17)24-7-5-14(6-8-24)11-25-13-22-16(9-19(25)26)15-3-4-15/h9-10,12-15H,3-8,11H2,1-2H3. The Morgan fingerprint density at radius 2 is 1.85 bits per heavy atom. The van der Waals surface area contributed by atoms with Crippen LogP contribution in [-0.2, 0) is 6.54 Å². The molecule has 0 bridgehead atoms. The van der Waals surface area contributed by atoms with Crippen LogP contribution in [0.25, 0.3) is 0 Å². The molecule has 138 valence electrons. The molecule has 2 aromatic rings. The highest BCUT2D eigenvalue weighted by Crippen LogP contribution is 2.38. The molecule has 0 amide bonds. The molecule has 0 spiro atoms. The van der Waals surface area contributed by atoms with Crippen LogP contribution in [0.4, 0.5) is 11.6 Å². The van der Waals surface area contributed by atoms with E-state index in [1.165, 1.54) is 12.8 Å².